The van der Waals surface area contributed by atoms with Crippen molar-refractivity contribution in [2.75, 3.05) is 33.3 Å². The third-order valence-corrected chi connectivity index (χ3v) is 4.35. The number of carbonyl (C=O) groups excluding carboxylic acids is 1. The minimum atomic E-state index is -0.543. The molecule has 1 N–H and O–H groups in total. The monoisotopic (exact) mass is 481 g/mol. The first kappa shape index (κ1) is 22.6. The van der Waals surface area contributed by atoms with Crippen molar-refractivity contribution < 1.29 is 18.3 Å². The van der Waals surface area contributed by atoms with Crippen molar-refractivity contribution in [3.8, 4) is 0 Å². The highest BCUT2D eigenvalue weighted by molar-refractivity contribution is 14.0. The fraction of sp³-hybridized carbons (Fsp3) is 0.556. The van der Waals surface area contributed by atoms with E-state index in [1.165, 1.54) is 25.3 Å². The number of nitrogens with one attached hydrogen (secondary N) is 1. The summed E-state index contributed by atoms with van der Waals surface area (Å²) in [5, 5.41) is 3.20. The molecular formula is C18H26F2IN3O2. The maximum absolute atomic E-state index is 13.7. The van der Waals surface area contributed by atoms with E-state index in [2.05, 4.69) is 15.2 Å². The predicted molar refractivity (Wildman–Crippen MR) is 108 cm³/mol. The summed E-state index contributed by atoms with van der Waals surface area (Å²) in [5.41, 5.74) is 0.0616. The number of hydrogen-bond donors (Lipinski definition) is 1. The molecule has 0 unspecified atom stereocenters. The molecule has 0 atom stereocenters. The number of methoxy groups -OCH3 is 1. The van der Waals surface area contributed by atoms with Gasteiger partial charge in [0, 0.05) is 31.7 Å². The summed E-state index contributed by atoms with van der Waals surface area (Å²) in [6.07, 6.45) is 1.62. The number of guanidine groups is 1. The van der Waals surface area contributed by atoms with Crippen LogP contribution in [0, 0.1) is 17.6 Å². The quantitative estimate of drug-likeness (QED) is 0.304. The Balaban J connectivity index is 0.00000338. The third kappa shape index (κ3) is 6.07. The Morgan fingerprint density at radius 2 is 1.92 bits per heavy atom. The first-order chi connectivity index (χ1) is 12.1. The van der Waals surface area contributed by atoms with Crippen molar-refractivity contribution in [1.82, 2.24) is 10.2 Å². The number of rotatable bonds is 5. The highest BCUT2D eigenvalue weighted by Crippen LogP contribution is 2.18. The van der Waals surface area contributed by atoms with Gasteiger partial charge in [0.15, 0.2) is 5.96 Å². The molecule has 5 nitrogen and oxygen atoms in total. The van der Waals surface area contributed by atoms with Crippen LogP contribution >= 0.6 is 24.0 Å². The predicted octanol–water partition coefficient (Wildman–Crippen LogP) is 2.98. The summed E-state index contributed by atoms with van der Waals surface area (Å²) in [6, 6.07) is 3.86. The summed E-state index contributed by atoms with van der Waals surface area (Å²) < 4.78 is 32.1. The summed E-state index contributed by atoms with van der Waals surface area (Å²) in [5.74, 6) is -0.617. The summed E-state index contributed by atoms with van der Waals surface area (Å²) in [7, 11) is 1.40. The van der Waals surface area contributed by atoms with Gasteiger partial charge in [-0.2, -0.15) is 0 Å². The van der Waals surface area contributed by atoms with Crippen molar-refractivity contribution in [3.63, 3.8) is 0 Å². The molecule has 0 aromatic heterocycles. The lowest BCUT2D eigenvalue weighted by Crippen LogP contribution is -2.46. The average Bonchev–Trinajstić information content (AvgIpc) is 2.63. The van der Waals surface area contributed by atoms with Crippen LogP contribution in [0.2, 0.25) is 0 Å². The van der Waals surface area contributed by atoms with E-state index in [9.17, 15) is 13.6 Å². The standard InChI is InChI=1S/C18H25F2N3O2.HI/c1-3-21-18(23-11-8-13(9-12-23)17(24)25-2)22-10-7-14-15(19)5-4-6-16(14)20;/h4-6,13H,3,7-12H2,1-2H3,(H,21,22);1H. The zero-order valence-corrected chi connectivity index (χ0v) is 17.5. The molecule has 0 saturated carbocycles. The molecule has 1 aliphatic heterocycles. The normalized spacial score (nSPS) is 15.4. The Morgan fingerprint density at radius 1 is 1.31 bits per heavy atom. The molecule has 0 spiro atoms. The van der Waals surface area contributed by atoms with Crippen molar-refractivity contribution >= 4 is 35.9 Å². The van der Waals surface area contributed by atoms with Crippen LogP contribution in [0.3, 0.4) is 0 Å². The molecule has 1 fully saturated rings. The molecule has 1 aromatic rings. The topological polar surface area (TPSA) is 53.9 Å². The van der Waals surface area contributed by atoms with E-state index in [1.807, 2.05) is 6.92 Å². The van der Waals surface area contributed by atoms with E-state index < -0.39 is 11.6 Å². The lowest BCUT2D eigenvalue weighted by atomic mass is 9.97. The highest BCUT2D eigenvalue weighted by Gasteiger charge is 2.26. The lowest BCUT2D eigenvalue weighted by molar-refractivity contribution is -0.146. The van der Waals surface area contributed by atoms with Gasteiger partial charge in [-0.05, 0) is 38.3 Å². The van der Waals surface area contributed by atoms with Gasteiger partial charge in [-0.25, -0.2) is 8.78 Å². The molecule has 1 heterocycles. The minimum Gasteiger partial charge on any atom is -0.469 e. The Kier molecular flexibility index (Phi) is 9.82. The molecule has 1 aromatic carbocycles. The maximum atomic E-state index is 13.7. The van der Waals surface area contributed by atoms with Crippen LogP contribution in [0.25, 0.3) is 0 Å². The first-order valence-corrected chi connectivity index (χ1v) is 8.60. The number of carbonyl (C=O) groups is 1. The SMILES string of the molecule is CCNC(=NCCc1c(F)cccc1F)N1CCC(C(=O)OC)CC1.I. The van der Waals surface area contributed by atoms with Crippen LogP contribution in [0.15, 0.2) is 23.2 Å². The fourth-order valence-electron chi connectivity index (χ4n) is 2.96. The van der Waals surface area contributed by atoms with Gasteiger partial charge >= 0.3 is 5.97 Å². The fourth-order valence-corrected chi connectivity index (χ4v) is 2.96. The first-order valence-electron chi connectivity index (χ1n) is 8.60. The number of piperidine rings is 1. The Labute approximate surface area is 170 Å². The van der Waals surface area contributed by atoms with Crippen molar-refractivity contribution in [1.29, 1.82) is 0 Å². The van der Waals surface area contributed by atoms with Gasteiger partial charge in [-0.1, -0.05) is 6.07 Å². The van der Waals surface area contributed by atoms with Gasteiger partial charge in [0.05, 0.1) is 13.0 Å². The van der Waals surface area contributed by atoms with Crippen molar-refractivity contribution in [2.24, 2.45) is 10.9 Å². The van der Waals surface area contributed by atoms with E-state index in [4.69, 9.17) is 4.74 Å². The molecule has 0 aliphatic carbocycles. The molecule has 0 radical (unpaired) electrons. The van der Waals surface area contributed by atoms with E-state index in [0.717, 1.165) is 0 Å². The van der Waals surface area contributed by atoms with Gasteiger partial charge < -0.3 is 15.0 Å². The van der Waals surface area contributed by atoms with Crippen molar-refractivity contribution in [3.05, 3.63) is 35.4 Å². The number of nitrogens with zero attached hydrogens (tertiary/aromatic N) is 2. The molecule has 1 saturated heterocycles. The molecule has 26 heavy (non-hydrogen) atoms. The number of hydrogen-bond acceptors (Lipinski definition) is 3. The van der Waals surface area contributed by atoms with Crippen molar-refractivity contribution in [2.45, 2.75) is 26.2 Å². The van der Waals surface area contributed by atoms with E-state index in [0.29, 0.717) is 38.4 Å². The van der Waals surface area contributed by atoms with Crippen LogP contribution < -0.4 is 5.32 Å². The van der Waals surface area contributed by atoms with E-state index in [1.54, 1.807) is 0 Å². The summed E-state index contributed by atoms with van der Waals surface area (Å²) >= 11 is 0. The van der Waals surface area contributed by atoms with Crippen LogP contribution in [0.5, 0.6) is 0 Å². The van der Waals surface area contributed by atoms with Gasteiger partial charge in [-0.15, -0.1) is 24.0 Å². The second-order valence-electron chi connectivity index (χ2n) is 5.97. The molecule has 2 rings (SSSR count). The molecule has 8 heteroatoms. The Bertz CT molecular complexity index is 600. The Morgan fingerprint density at radius 3 is 2.46 bits per heavy atom. The van der Waals surface area contributed by atoms with Gasteiger partial charge in [0.25, 0.3) is 0 Å². The van der Waals surface area contributed by atoms with Crippen LogP contribution in [0.1, 0.15) is 25.3 Å². The molecule has 1 aliphatic rings. The number of halogens is 3. The number of likely N-dealkylation sites (tertiary alicyclic amines) is 1. The van der Waals surface area contributed by atoms with Crippen LogP contribution in [0.4, 0.5) is 8.78 Å². The second-order valence-corrected chi connectivity index (χ2v) is 5.97. The van der Waals surface area contributed by atoms with E-state index in [-0.39, 0.29) is 54.4 Å². The van der Waals surface area contributed by atoms with Gasteiger partial charge in [-0.3, -0.25) is 9.79 Å². The zero-order chi connectivity index (χ0) is 18.2. The molecule has 0 bridgehead atoms. The zero-order valence-electron chi connectivity index (χ0n) is 15.1. The molecule has 146 valence electrons. The molecule has 0 amide bonds. The Hall–Kier alpha value is -1.45. The largest absolute Gasteiger partial charge is 0.469 e. The number of benzene rings is 1. The van der Waals surface area contributed by atoms with Gasteiger partial charge in [0.1, 0.15) is 11.6 Å². The smallest absolute Gasteiger partial charge is 0.308 e. The lowest BCUT2D eigenvalue weighted by Gasteiger charge is -2.33. The average molecular weight is 481 g/mol. The van der Waals surface area contributed by atoms with E-state index >= 15 is 0 Å². The minimum absolute atomic E-state index is 0. The summed E-state index contributed by atoms with van der Waals surface area (Å²) in [6.45, 7) is 4.34. The molecular weight excluding hydrogens is 455 g/mol. The highest BCUT2D eigenvalue weighted by atomic mass is 127. The van der Waals surface area contributed by atoms with Gasteiger partial charge in [0.2, 0.25) is 0 Å². The third-order valence-electron chi connectivity index (χ3n) is 4.35. The number of aliphatic imine (C=N–C) groups is 1. The second kappa shape index (κ2) is 11.3. The number of ether oxygens (including phenoxy) is 1. The number of esters is 1. The summed E-state index contributed by atoms with van der Waals surface area (Å²) in [4.78, 5) is 18.2. The van der Waals surface area contributed by atoms with Crippen LogP contribution in [-0.4, -0.2) is 50.1 Å². The van der Waals surface area contributed by atoms with Crippen LogP contribution in [-0.2, 0) is 16.0 Å². The maximum Gasteiger partial charge on any atom is 0.308 e.